The number of methoxy groups -OCH3 is 2. The highest BCUT2D eigenvalue weighted by Crippen LogP contribution is 2.33. The lowest BCUT2D eigenvalue weighted by Gasteiger charge is -2.13. The lowest BCUT2D eigenvalue weighted by atomic mass is 10.2. The summed E-state index contributed by atoms with van der Waals surface area (Å²) in [6.07, 6.45) is 1.68. The number of amides is 2. The van der Waals surface area contributed by atoms with Gasteiger partial charge >= 0.3 is 0 Å². The molecule has 2 heterocycles. The zero-order chi connectivity index (χ0) is 20.4. The van der Waals surface area contributed by atoms with Crippen molar-refractivity contribution in [2.45, 2.75) is 19.9 Å². The smallest absolute Gasteiger partial charge is 0.268 e. The summed E-state index contributed by atoms with van der Waals surface area (Å²) in [6, 6.07) is 4.59. The van der Waals surface area contributed by atoms with Crippen LogP contribution in [0.25, 0.3) is 10.9 Å². The Morgan fingerprint density at radius 3 is 2.57 bits per heavy atom. The molecule has 1 aromatic carbocycles. The molecule has 2 N–H and O–H groups in total. The Balaban J connectivity index is 1.81. The van der Waals surface area contributed by atoms with E-state index < -0.39 is 6.04 Å². The van der Waals surface area contributed by atoms with Crippen molar-refractivity contribution in [1.29, 1.82) is 0 Å². The molecule has 0 saturated heterocycles. The molecule has 0 saturated carbocycles. The van der Waals surface area contributed by atoms with Gasteiger partial charge in [-0.05, 0) is 19.9 Å². The van der Waals surface area contributed by atoms with Gasteiger partial charge in [0.2, 0.25) is 5.91 Å². The van der Waals surface area contributed by atoms with Crippen molar-refractivity contribution >= 4 is 39.2 Å². The molecule has 0 spiro atoms. The summed E-state index contributed by atoms with van der Waals surface area (Å²) in [5.41, 5.74) is 1.20. The van der Waals surface area contributed by atoms with E-state index in [0.717, 1.165) is 15.8 Å². The van der Waals surface area contributed by atoms with Gasteiger partial charge < -0.3 is 24.7 Å². The van der Waals surface area contributed by atoms with E-state index in [1.807, 2.05) is 13.0 Å². The van der Waals surface area contributed by atoms with E-state index in [1.165, 1.54) is 11.3 Å². The monoisotopic (exact) mass is 402 g/mol. The molecule has 8 nitrogen and oxygen atoms in total. The summed E-state index contributed by atoms with van der Waals surface area (Å²) in [5, 5.41) is 6.72. The fraction of sp³-hybridized carbons (Fsp3) is 0.316. The lowest BCUT2D eigenvalue weighted by Crippen LogP contribution is -2.42. The van der Waals surface area contributed by atoms with E-state index >= 15 is 0 Å². The first-order valence-electron chi connectivity index (χ1n) is 8.59. The second-order valence-corrected chi connectivity index (χ2v) is 7.55. The fourth-order valence-corrected chi connectivity index (χ4v) is 3.51. The average molecular weight is 402 g/mol. The van der Waals surface area contributed by atoms with E-state index in [9.17, 15) is 9.59 Å². The lowest BCUT2D eigenvalue weighted by molar-refractivity contribution is -0.117. The normalized spacial score (nSPS) is 11.9. The first-order chi connectivity index (χ1) is 13.3. The number of nitrogens with zero attached hydrogens (tertiary/aromatic N) is 2. The summed E-state index contributed by atoms with van der Waals surface area (Å²) in [6.45, 7) is 3.53. The number of hydrogen-bond acceptors (Lipinski definition) is 6. The summed E-state index contributed by atoms with van der Waals surface area (Å²) < 4.78 is 12.4. The SMILES string of the molecule is COc1cc(OC)c2cc(C(=O)N[C@H](C)C(=O)Nc3ncc(C)s3)n(C)c2c1. The molecule has 0 unspecified atom stereocenters. The molecule has 0 aliphatic carbocycles. The Labute approximate surface area is 166 Å². The van der Waals surface area contributed by atoms with Crippen molar-refractivity contribution in [2.24, 2.45) is 7.05 Å². The number of carbonyl (C=O) groups is 2. The topological polar surface area (TPSA) is 94.5 Å². The van der Waals surface area contributed by atoms with Crippen LogP contribution in [0.3, 0.4) is 0 Å². The summed E-state index contributed by atoms with van der Waals surface area (Å²) >= 11 is 1.38. The van der Waals surface area contributed by atoms with Gasteiger partial charge in [-0.25, -0.2) is 4.98 Å². The highest BCUT2D eigenvalue weighted by atomic mass is 32.1. The minimum Gasteiger partial charge on any atom is -0.497 e. The predicted molar refractivity (Wildman–Crippen MR) is 108 cm³/mol. The van der Waals surface area contributed by atoms with Crippen molar-refractivity contribution in [1.82, 2.24) is 14.9 Å². The number of ether oxygens (including phenoxy) is 2. The molecule has 3 rings (SSSR count). The van der Waals surface area contributed by atoms with Crippen LogP contribution < -0.4 is 20.1 Å². The van der Waals surface area contributed by atoms with Gasteiger partial charge in [0.1, 0.15) is 23.2 Å². The molecule has 28 heavy (non-hydrogen) atoms. The van der Waals surface area contributed by atoms with E-state index in [1.54, 1.807) is 51.1 Å². The first kappa shape index (κ1) is 19.7. The Morgan fingerprint density at radius 1 is 1.21 bits per heavy atom. The fourth-order valence-electron chi connectivity index (χ4n) is 2.84. The van der Waals surface area contributed by atoms with Crippen LogP contribution in [0.1, 0.15) is 22.3 Å². The number of benzene rings is 1. The number of fused-ring (bicyclic) bond motifs is 1. The van der Waals surface area contributed by atoms with Gasteiger partial charge in [0.15, 0.2) is 5.13 Å². The number of anilines is 1. The number of nitrogens with one attached hydrogen (secondary N) is 2. The van der Waals surface area contributed by atoms with E-state index in [0.29, 0.717) is 22.3 Å². The molecule has 0 fully saturated rings. The van der Waals surface area contributed by atoms with Gasteiger partial charge in [0.05, 0.1) is 19.7 Å². The third kappa shape index (κ3) is 3.79. The quantitative estimate of drug-likeness (QED) is 0.661. The van der Waals surface area contributed by atoms with Gasteiger partial charge in [0.25, 0.3) is 5.91 Å². The van der Waals surface area contributed by atoms with Crippen LogP contribution in [0.5, 0.6) is 11.5 Å². The van der Waals surface area contributed by atoms with Gasteiger partial charge in [0, 0.05) is 35.6 Å². The van der Waals surface area contributed by atoms with Gasteiger partial charge in [-0.3, -0.25) is 9.59 Å². The van der Waals surface area contributed by atoms with Gasteiger partial charge in [-0.15, -0.1) is 11.3 Å². The molecule has 3 aromatic rings. The van der Waals surface area contributed by atoms with Crippen molar-refractivity contribution in [3.8, 4) is 11.5 Å². The Morgan fingerprint density at radius 2 is 1.96 bits per heavy atom. The molecule has 0 bridgehead atoms. The predicted octanol–water partition coefficient (Wildman–Crippen LogP) is 2.72. The van der Waals surface area contributed by atoms with Crippen LogP contribution in [-0.4, -0.2) is 41.6 Å². The maximum absolute atomic E-state index is 12.8. The van der Waals surface area contributed by atoms with Crippen LogP contribution in [-0.2, 0) is 11.8 Å². The van der Waals surface area contributed by atoms with Crippen LogP contribution >= 0.6 is 11.3 Å². The Bertz CT molecular complexity index is 1040. The Kier molecular flexibility index (Phi) is 5.55. The zero-order valence-corrected chi connectivity index (χ0v) is 17.1. The van der Waals surface area contributed by atoms with Crippen LogP contribution in [0.15, 0.2) is 24.4 Å². The largest absolute Gasteiger partial charge is 0.497 e. The summed E-state index contributed by atoms with van der Waals surface area (Å²) in [5.74, 6) is 0.538. The summed E-state index contributed by atoms with van der Waals surface area (Å²) in [4.78, 5) is 30.2. The van der Waals surface area contributed by atoms with E-state index in [-0.39, 0.29) is 11.8 Å². The Hall–Kier alpha value is -3.07. The average Bonchev–Trinajstić information content (AvgIpc) is 3.23. The summed E-state index contributed by atoms with van der Waals surface area (Å²) in [7, 11) is 4.91. The van der Waals surface area contributed by atoms with Crippen molar-refractivity contribution in [2.75, 3.05) is 19.5 Å². The maximum Gasteiger partial charge on any atom is 0.268 e. The van der Waals surface area contributed by atoms with E-state index in [2.05, 4.69) is 15.6 Å². The van der Waals surface area contributed by atoms with Crippen molar-refractivity contribution in [3.63, 3.8) is 0 Å². The molecule has 0 aliphatic heterocycles. The molecule has 148 valence electrons. The van der Waals surface area contributed by atoms with Gasteiger partial charge in [-0.1, -0.05) is 0 Å². The number of aryl methyl sites for hydroxylation is 2. The second-order valence-electron chi connectivity index (χ2n) is 6.31. The minimum absolute atomic E-state index is 0.333. The highest BCUT2D eigenvalue weighted by Gasteiger charge is 2.21. The number of thiazole rings is 1. The zero-order valence-electron chi connectivity index (χ0n) is 16.3. The van der Waals surface area contributed by atoms with Gasteiger partial charge in [-0.2, -0.15) is 0 Å². The minimum atomic E-state index is -0.730. The molecule has 1 atom stereocenters. The third-order valence-corrected chi connectivity index (χ3v) is 5.21. The van der Waals surface area contributed by atoms with E-state index in [4.69, 9.17) is 9.47 Å². The highest BCUT2D eigenvalue weighted by molar-refractivity contribution is 7.15. The molecule has 0 aliphatic rings. The standard InChI is InChI=1S/C19H22N4O4S/c1-10-9-20-19(28-10)22-17(24)11(2)21-18(25)15-8-13-14(23(15)3)6-12(26-4)7-16(13)27-5/h6-9,11H,1-5H3,(H,21,25)(H,20,22,24)/t11-/m1/s1. The molecule has 2 amide bonds. The molecular formula is C19H22N4O4S. The number of hydrogen-bond donors (Lipinski definition) is 2. The first-order valence-corrected chi connectivity index (χ1v) is 9.41. The van der Waals surface area contributed by atoms with Crippen molar-refractivity contribution in [3.05, 3.63) is 35.0 Å². The third-order valence-electron chi connectivity index (χ3n) is 4.38. The van der Waals surface area contributed by atoms with Crippen LogP contribution in [0, 0.1) is 6.92 Å². The van der Waals surface area contributed by atoms with Crippen LogP contribution in [0.4, 0.5) is 5.13 Å². The number of aromatic nitrogens is 2. The van der Waals surface area contributed by atoms with Crippen LogP contribution in [0.2, 0.25) is 0 Å². The molecular weight excluding hydrogens is 380 g/mol. The molecule has 0 radical (unpaired) electrons. The maximum atomic E-state index is 12.8. The second kappa shape index (κ2) is 7.89. The number of carbonyl (C=O) groups excluding carboxylic acids is 2. The van der Waals surface area contributed by atoms with Crippen molar-refractivity contribution < 1.29 is 19.1 Å². The number of rotatable bonds is 6. The molecule has 2 aromatic heterocycles. The molecule has 9 heteroatoms.